The van der Waals surface area contributed by atoms with Gasteiger partial charge in [0.25, 0.3) is 5.60 Å². The quantitative estimate of drug-likeness (QED) is 0.122. The fourth-order valence-electron chi connectivity index (χ4n) is 4.33. The van der Waals surface area contributed by atoms with Crippen molar-refractivity contribution in [2.75, 3.05) is 19.7 Å². The van der Waals surface area contributed by atoms with E-state index in [-0.39, 0.29) is 23.6 Å². The zero-order valence-corrected chi connectivity index (χ0v) is 21.0. The number of carbonyl (C=O) groups is 5. The molecule has 3 rings (SSSR count). The maximum absolute atomic E-state index is 13.3. The van der Waals surface area contributed by atoms with E-state index in [2.05, 4.69) is 10.6 Å². The van der Waals surface area contributed by atoms with Crippen LogP contribution in [0, 0.1) is 5.92 Å². The first kappa shape index (κ1) is 28.1. The Morgan fingerprint density at radius 3 is 2.46 bits per heavy atom. The van der Waals surface area contributed by atoms with Gasteiger partial charge in [0.1, 0.15) is 11.7 Å². The number of aliphatic carboxylic acids is 1. The second kappa shape index (κ2) is 11.7. The molecule has 0 aromatic heterocycles. The number of carboxylic acids is 1. The largest absolute Gasteiger partial charge is 0.479 e. The van der Waals surface area contributed by atoms with Gasteiger partial charge in [0.15, 0.2) is 12.4 Å². The Bertz CT molecular complexity index is 1040. The van der Waals surface area contributed by atoms with Crippen LogP contribution in [0.3, 0.4) is 0 Å². The molecule has 2 aliphatic rings. The van der Waals surface area contributed by atoms with Crippen molar-refractivity contribution in [2.24, 2.45) is 5.92 Å². The Hall–Kier alpha value is -3.51. The number of carbonyl (C=O) groups excluding carboxylic acids is 4. The van der Waals surface area contributed by atoms with Crippen LogP contribution >= 0.6 is 0 Å². The monoisotopic (exact) mass is 520 g/mol. The van der Waals surface area contributed by atoms with E-state index in [1.807, 2.05) is 0 Å². The van der Waals surface area contributed by atoms with E-state index in [4.69, 9.17) is 24.4 Å². The molecule has 0 spiro atoms. The van der Waals surface area contributed by atoms with E-state index in [1.54, 1.807) is 32.9 Å². The summed E-state index contributed by atoms with van der Waals surface area (Å²) in [6.07, 6.45) is 1.95. The number of fused-ring (bicyclic) bond motifs is 1. The average molecular weight is 521 g/mol. The van der Waals surface area contributed by atoms with Crippen molar-refractivity contribution in [3.8, 4) is 0 Å². The van der Waals surface area contributed by atoms with Crippen molar-refractivity contribution in [3.05, 3.63) is 34.9 Å². The number of rotatable bonds is 12. The van der Waals surface area contributed by atoms with Gasteiger partial charge in [-0.3, -0.25) is 9.59 Å². The van der Waals surface area contributed by atoms with Crippen molar-refractivity contribution < 1.29 is 48.3 Å². The summed E-state index contributed by atoms with van der Waals surface area (Å²) in [4.78, 5) is 69.3. The summed E-state index contributed by atoms with van der Waals surface area (Å²) < 4.78 is 11.0. The van der Waals surface area contributed by atoms with Gasteiger partial charge in [0.2, 0.25) is 6.41 Å². The number of carboxylic acid groups (broad SMARTS) is 1. The molecule has 1 unspecified atom stereocenters. The predicted octanol–water partition coefficient (Wildman–Crippen LogP) is 1.83. The molecule has 12 heteroatoms. The van der Waals surface area contributed by atoms with Crippen LogP contribution < -0.4 is 10.6 Å². The van der Waals surface area contributed by atoms with Crippen molar-refractivity contribution >= 4 is 30.2 Å². The second-order valence-electron chi connectivity index (χ2n) is 10.0. The Morgan fingerprint density at radius 2 is 1.84 bits per heavy atom. The third kappa shape index (κ3) is 7.04. The van der Waals surface area contributed by atoms with Crippen LogP contribution in [0.15, 0.2) is 18.2 Å². The molecule has 1 aromatic carbocycles. The van der Waals surface area contributed by atoms with Crippen molar-refractivity contribution in [1.82, 2.24) is 10.6 Å². The SMILES string of the molecule is CC(C)(C)OC(=O)NCC1CCC(OC(=O)C2(OOCC(=O)O)c3cccc(C(=O)CNC=O)c32)CC1. The lowest BCUT2D eigenvalue weighted by Gasteiger charge is -2.29. The van der Waals surface area contributed by atoms with E-state index < -0.39 is 47.7 Å². The van der Waals surface area contributed by atoms with Crippen LogP contribution in [0.25, 0.3) is 0 Å². The van der Waals surface area contributed by atoms with Crippen LogP contribution in [-0.4, -0.2) is 66.7 Å². The standard InChI is InChI=1S/C25H32N2O10/c1-24(2,3)36-23(33)27-11-15-7-9-16(10-8-15)35-22(32)25(37-34-13-20(30)31)18-6-4-5-17(21(18)25)19(29)12-26-14-28/h4-6,14-16H,7-13H2,1-3H3,(H,26,28)(H,27,33)(H,30,31). The van der Waals surface area contributed by atoms with Gasteiger partial charge in [-0.25, -0.2) is 24.2 Å². The summed E-state index contributed by atoms with van der Waals surface area (Å²) in [5.74, 6) is -2.39. The number of hydrogen-bond donors (Lipinski definition) is 3. The topological polar surface area (TPSA) is 167 Å². The lowest BCUT2D eigenvalue weighted by Crippen LogP contribution is -2.38. The summed E-state index contributed by atoms with van der Waals surface area (Å²) in [7, 11) is 0. The fraction of sp³-hybridized carbons (Fsp3) is 0.560. The Morgan fingerprint density at radius 1 is 1.14 bits per heavy atom. The molecular formula is C25H32N2O10. The first-order chi connectivity index (χ1) is 17.5. The lowest BCUT2D eigenvalue weighted by atomic mass is 9.87. The first-order valence-electron chi connectivity index (χ1n) is 12.0. The van der Waals surface area contributed by atoms with Crippen molar-refractivity contribution in [1.29, 1.82) is 0 Å². The van der Waals surface area contributed by atoms with Gasteiger partial charge < -0.3 is 25.2 Å². The zero-order chi connectivity index (χ0) is 27.2. The third-order valence-electron chi connectivity index (χ3n) is 6.03. The summed E-state index contributed by atoms with van der Waals surface area (Å²) >= 11 is 0. The van der Waals surface area contributed by atoms with Crippen LogP contribution in [0.2, 0.25) is 0 Å². The van der Waals surface area contributed by atoms with Gasteiger partial charge >= 0.3 is 18.0 Å². The van der Waals surface area contributed by atoms with Crippen LogP contribution in [-0.2, 0) is 39.2 Å². The number of ether oxygens (including phenoxy) is 2. The number of Topliss-reactive ketones (excluding diaryl/α,β-unsaturated/α-hetero) is 1. The van der Waals surface area contributed by atoms with Gasteiger partial charge in [-0.2, -0.15) is 0 Å². The van der Waals surface area contributed by atoms with E-state index in [0.29, 0.717) is 44.2 Å². The molecule has 0 heterocycles. The number of amides is 2. The minimum atomic E-state index is -1.86. The molecule has 12 nitrogen and oxygen atoms in total. The molecule has 3 N–H and O–H groups in total. The van der Waals surface area contributed by atoms with E-state index in [0.717, 1.165) is 0 Å². The molecule has 202 valence electrons. The van der Waals surface area contributed by atoms with Gasteiger partial charge in [-0.05, 0) is 52.4 Å². The van der Waals surface area contributed by atoms with Gasteiger partial charge in [0, 0.05) is 23.2 Å². The number of ketones is 1. The average Bonchev–Trinajstić information content (AvgIpc) is 3.49. The van der Waals surface area contributed by atoms with Crippen molar-refractivity contribution in [3.63, 3.8) is 0 Å². The highest BCUT2D eigenvalue weighted by atomic mass is 17.2. The van der Waals surface area contributed by atoms with Crippen LogP contribution in [0.4, 0.5) is 4.79 Å². The Balaban J connectivity index is 1.62. The highest BCUT2D eigenvalue weighted by Gasteiger charge is 2.64. The Labute approximate surface area is 213 Å². The summed E-state index contributed by atoms with van der Waals surface area (Å²) in [6.45, 7) is 4.69. The van der Waals surface area contributed by atoms with Crippen LogP contribution in [0.5, 0.6) is 0 Å². The van der Waals surface area contributed by atoms with Gasteiger partial charge in [0.05, 0.1) is 6.54 Å². The fourth-order valence-corrected chi connectivity index (χ4v) is 4.33. The van der Waals surface area contributed by atoms with E-state index >= 15 is 0 Å². The molecule has 2 aliphatic carbocycles. The molecule has 0 bridgehead atoms. The minimum Gasteiger partial charge on any atom is -0.479 e. The molecule has 0 radical (unpaired) electrons. The van der Waals surface area contributed by atoms with Gasteiger partial charge in [-0.15, -0.1) is 0 Å². The molecule has 0 aliphatic heterocycles. The number of nitrogens with one attached hydrogen (secondary N) is 2. The molecule has 1 aromatic rings. The summed E-state index contributed by atoms with van der Waals surface area (Å²) in [5, 5.41) is 13.9. The normalized spacial score (nSPS) is 22.2. The van der Waals surface area contributed by atoms with Crippen molar-refractivity contribution in [2.45, 2.75) is 63.8 Å². The highest BCUT2D eigenvalue weighted by Crippen LogP contribution is 2.54. The Kier molecular flexibility index (Phi) is 8.87. The highest BCUT2D eigenvalue weighted by molar-refractivity contribution is 6.07. The maximum atomic E-state index is 13.3. The summed E-state index contributed by atoms with van der Waals surface area (Å²) in [5.41, 5.74) is -1.76. The number of hydrogen-bond acceptors (Lipinski definition) is 9. The number of esters is 1. The maximum Gasteiger partial charge on any atom is 0.407 e. The summed E-state index contributed by atoms with van der Waals surface area (Å²) in [6, 6.07) is 4.58. The lowest BCUT2D eigenvalue weighted by molar-refractivity contribution is -0.335. The van der Waals surface area contributed by atoms with Crippen LogP contribution in [0.1, 0.15) is 67.9 Å². The number of benzene rings is 1. The second-order valence-corrected chi connectivity index (χ2v) is 10.0. The van der Waals surface area contributed by atoms with E-state index in [1.165, 1.54) is 6.07 Å². The molecule has 2 amide bonds. The molecule has 37 heavy (non-hydrogen) atoms. The zero-order valence-electron chi connectivity index (χ0n) is 21.0. The molecule has 1 atom stereocenters. The molecule has 1 saturated carbocycles. The predicted molar refractivity (Wildman–Crippen MR) is 126 cm³/mol. The molecule has 1 fully saturated rings. The minimum absolute atomic E-state index is 0.139. The molecular weight excluding hydrogens is 488 g/mol. The molecule has 0 saturated heterocycles. The smallest absolute Gasteiger partial charge is 0.407 e. The first-order valence-corrected chi connectivity index (χ1v) is 12.0. The number of alkyl carbamates (subject to hydrolysis) is 1. The van der Waals surface area contributed by atoms with Gasteiger partial charge in [-0.1, -0.05) is 18.2 Å². The third-order valence-corrected chi connectivity index (χ3v) is 6.03. The van der Waals surface area contributed by atoms with E-state index in [9.17, 15) is 24.0 Å².